The minimum Gasteiger partial charge on any atom is -0.467 e. The fourth-order valence-corrected chi connectivity index (χ4v) is 4.08. The molecule has 2 aromatic carbocycles. The van der Waals surface area contributed by atoms with Crippen LogP contribution in [0, 0.1) is 0 Å². The summed E-state index contributed by atoms with van der Waals surface area (Å²) in [5.74, 6) is -2.21. The number of benzene rings is 2. The van der Waals surface area contributed by atoms with E-state index in [1.165, 1.54) is 36.4 Å². The second-order valence-electron chi connectivity index (χ2n) is 4.98. The zero-order valence-corrected chi connectivity index (χ0v) is 14.9. The predicted octanol–water partition coefficient (Wildman–Crippen LogP) is 2.30. The van der Waals surface area contributed by atoms with Gasteiger partial charge in [0.15, 0.2) is 6.04 Å². The Kier molecular flexibility index (Phi) is 6.17. The minimum absolute atomic E-state index is 0.112. The minimum atomic E-state index is -4.32. The van der Waals surface area contributed by atoms with Gasteiger partial charge in [0.25, 0.3) is 15.9 Å². The van der Waals surface area contributed by atoms with Crippen LogP contribution in [0.25, 0.3) is 0 Å². The van der Waals surface area contributed by atoms with Crippen LogP contribution in [0.3, 0.4) is 0 Å². The van der Waals surface area contributed by atoms with Crippen molar-refractivity contribution >= 4 is 33.5 Å². The van der Waals surface area contributed by atoms with Crippen molar-refractivity contribution in [3.05, 3.63) is 66.2 Å². The van der Waals surface area contributed by atoms with Crippen LogP contribution in [-0.4, -0.2) is 43.6 Å². The summed E-state index contributed by atoms with van der Waals surface area (Å²) in [6.07, 6.45) is 0. The molecule has 6 nitrogen and oxygen atoms in total. The first kappa shape index (κ1) is 19.0. The van der Waals surface area contributed by atoms with Gasteiger partial charge in [0, 0.05) is 5.56 Å². The van der Waals surface area contributed by atoms with E-state index < -0.39 is 33.8 Å². The third kappa shape index (κ3) is 4.00. The second-order valence-corrected chi connectivity index (χ2v) is 7.10. The molecule has 0 N–H and O–H groups in total. The summed E-state index contributed by atoms with van der Waals surface area (Å²) in [6.45, 7) is 0. The van der Waals surface area contributed by atoms with Crippen molar-refractivity contribution in [1.82, 2.24) is 4.31 Å². The van der Waals surface area contributed by atoms with Gasteiger partial charge in [-0.15, -0.1) is 11.6 Å². The Labute approximate surface area is 151 Å². The molecule has 2 rings (SSSR count). The van der Waals surface area contributed by atoms with Crippen molar-refractivity contribution in [2.45, 2.75) is 10.9 Å². The van der Waals surface area contributed by atoms with Gasteiger partial charge < -0.3 is 4.74 Å². The molecule has 0 saturated carbocycles. The molecule has 0 saturated heterocycles. The molecule has 2 aromatic rings. The second kappa shape index (κ2) is 8.13. The normalized spacial score (nSPS) is 12.2. The molecule has 0 aliphatic rings. The monoisotopic (exact) mass is 381 g/mol. The molecule has 0 aromatic heterocycles. The van der Waals surface area contributed by atoms with Gasteiger partial charge in [-0.1, -0.05) is 36.4 Å². The molecule has 1 atom stereocenters. The molecular formula is C17H16ClNO5S. The van der Waals surface area contributed by atoms with Crippen LogP contribution in [0.2, 0.25) is 0 Å². The van der Waals surface area contributed by atoms with Gasteiger partial charge >= 0.3 is 5.97 Å². The first-order valence-corrected chi connectivity index (χ1v) is 9.23. The van der Waals surface area contributed by atoms with E-state index in [1.807, 2.05) is 0 Å². The van der Waals surface area contributed by atoms with Gasteiger partial charge in [0.1, 0.15) is 0 Å². The van der Waals surface area contributed by atoms with E-state index in [0.717, 1.165) is 7.11 Å². The molecule has 0 fully saturated rings. The molecule has 8 heteroatoms. The van der Waals surface area contributed by atoms with E-state index >= 15 is 0 Å². The summed E-state index contributed by atoms with van der Waals surface area (Å²) >= 11 is 5.80. The number of alkyl halides is 1. The van der Waals surface area contributed by atoms with Crippen molar-refractivity contribution in [3.8, 4) is 0 Å². The zero-order valence-electron chi connectivity index (χ0n) is 13.3. The van der Waals surface area contributed by atoms with Crippen LogP contribution >= 0.6 is 11.6 Å². The Morgan fingerprint density at radius 2 is 1.56 bits per heavy atom. The van der Waals surface area contributed by atoms with Crippen molar-refractivity contribution < 1.29 is 22.7 Å². The van der Waals surface area contributed by atoms with Crippen LogP contribution < -0.4 is 0 Å². The van der Waals surface area contributed by atoms with Crippen molar-refractivity contribution in [1.29, 1.82) is 0 Å². The number of sulfonamides is 1. The maximum atomic E-state index is 13.0. The quantitative estimate of drug-likeness (QED) is 0.566. The topological polar surface area (TPSA) is 80.8 Å². The average Bonchev–Trinajstić information content (AvgIpc) is 2.66. The molecule has 0 heterocycles. The van der Waals surface area contributed by atoms with E-state index in [-0.39, 0.29) is 10.5 Å². The Bertz CT molecular complexity index is 840. The van der Waals surface area contributed by atoms with Gasteiger partial charge in [-0.05, 0) is 24.3 Å². The number of esters is 1. The Morgan fingerprint density at radius 3 is 2.04 bits per heavy atom. The fraction of sp³-hybridized carbons (Fsp3) is 0.176. The summed E-state index contributed by atoms with van der Waals surface area (Å²) in [6, 6.07) is 13.7. The molecule has 0 spiro atoms. The first-order valence-electron chi connectivity index (χ1n) is 7.26. The summed E-state index contributed by atoms with van der Waals surface area (Å²) < 4.78 is 31.1. The number of ether oxygens (including phenoxy) is 1. The highest BCUT2D eigenvalue weighted by atomic mass is 35.5. The number of carbonyl (C=O) groups is 2. The zero-order chi connectivity index (χ0) is 18.4. The van der Waals surface area contributed by atoms with Gasteiger partial charge in [0.2, 0.25) is 0 Å². The molecule has 0 radical (unpaired) electrons. The third-order valence-corrected chi connectivity index (χ3v) is 5.52. The molecule has 0 bridgehead atoms. The molecular weight excluding hydrogens is 366 g/mol. The van der Waals surface area contributed by atoms with Crippen LogP contribution in [0.1, 0.15) is 10.4 Å². The van der Waals surface area contributed by atoms with Crippen molar-refractivity contribution in [2.75, 3.05) is 13.0 Å². The first-order chi connectivity index (χ1) is 11.9. The van der Waals surface area contributed by atoms with Gasteiger partial charge in [0.05, 0.1) is 17.9 Å². The number of hydrogen-bond acceptors (Lipinski definition) is 5. The molecule has 25 heavy (non-hydrogen) atoms. The summed E-state index contributed by atoms with van der Waals surface area (Å²) in [4.78, 5) is 24.8. The number of rotatable bonds is 6. The van der Waals surface area contributed by atoms with E-state index in [0.29, 0.717) is 4.31 Å². The lowest BCUT2D eigenvalue weighted by Crippen LogP contribution is -2.50. The maximum absolute atomic E-state index is 13.0. The predicted molar refractivity (Wildman–Crippen MR) is 92.8 cm³/mol. The number of nitrogens with zero attached hydrogens (tertiary/aromatic N) is 1. The Balaban J connectivity index is 2.60. The van der Waals surface area contributed by atoms with E-state index in [9.17, 15) is 18.0 Å². The SMILES string of the molecule is COC(=O)C(CCl)N(C(=O)c1ccccc1)S(=O)(=O)c1ccccc1. The van der Waals surface area contributed by atoms with Crippen molar-refractivity contribution in [2.24, 2.45) is 0 Å². The highest BCUT2D eigenvalue weighted by molar-refractivity contribution is 7.89. The van der Waals surface area contributed by atoms with Gasteiger partial charge in [-0.2, -0.15) is 0 Å². The van der Waals surface area contributed by atoms with Gasteiger partial charge in [-0.25, -0.2) is 17.5 Å². The number of hydrogen-bond donors (Lipinski definition) is 0. The standard InChI is InChI=1S/C17H16ClNO5S/c1-24-17(21)15(12-18)19(16(20)13-8-4-2-5-9-13)25(22,23)14-10-6-3-7-11-14/h2-11,15H,12H2,1H3. The number of halogens is 1. The molecule has 132 valence electrons. The molecule has 0 aliphatic carbocycles. The number of methoxy groups -OCH3 is 1. The maximum Gasteiger partial charge on any atom is 0.331 e. The summed E-state index contributed by atoms with van der Waals surface area (Å²) in [5, 5.41) is 0. The Hall–Kier alpha value is -2.38. The molecule has 0 aliphatic heterocycles. The summed E-state index contributed by atoms with van der Waals surface area (Å²) in [5.41, 5.74) is 0.112. The molecule has 1 amide bonds. The number of carbonyl (C=O) groups excluding carboxylic acids is 2. The Morgan fingerprint density at radius 1 is 1.04 bits per heavy atom. The van der Waals surface area contributed by atoms with Gasteiger partial charge in [-0.3, -0.25) is 4.79 Å². The van der Waals surface area contributed by atoms with E-state index in [2.05, 4.69) is 4.74 Å². The van der Waals surface area contributed by atoms with Crippen LogP contribution in [-0.2, 0) is 19.6 Å². The highest BCUT2D eigenvalue weighted by Crippen LogP contribution is 2.22. The van der Waals surface area contributed by atoms with Crippen LogP contribution in [0.5, 0.6) is 0 Å². The smallest absolute Gasteiger partial charge is 0.331 e. The summed E-state index contributed by atoms with van der Waals surface area (Å²) in [7, 11) is -3.22. The fourth-order valence-electron chi connectivity index (χ4n) is 2.19. The number of amides is 1. The molecule has 1 unspecified atom stereocenters. The van der Waals surface area contributed by atoms with Crippen molar-refractivity contribution in [3.63, 3.8) is 0 Å². The lowest BCUT2D eigenvalue weighted by molar-refractivity contribution is -0.143. The largest absolute Gasteiger partial charge is 0.467 e. The lowest BCUT2D eigenvalue weighted by Gasteiger charge is -2.28. The average molecular weight is 382 g/mol. The third-order valence-electron chi connectivity index (χ3n) is 3.42. The van der Waals surface area contributed by atoms with Crippen LogP contribution in [0.4, 0.5) is 0 Å². The highest BCUT2D eigenvalue weighted by Gasteiger charge is 2.40. The van der Waals surface area contributed by atoms with Crippen LogP contribution in [0.15, 0.2) is 65.6 Å². The van der Waals surface area contributed by atoms with E-state index in [4.69, 9.17) is 11.6 Å². The lowest BCUT2D eigenvalue weighted by atomic mass is 10.2. The van der Waals surface area contributed by atoms with E-state index in [1.54, 1.807) is 24.3 Å².